The molecule has 6 nitrogen and oxygen atoms in total. The third-order valence-electron chi connectivity index (χ3n) is 4.82. The molecule has 0 fully saturated rings. The fourth-order valence-electron chi connectivity index (χ4n) is 3.23. The minimum absolute atomic E-state index is 0.0861. The molecular weight excluding hydrogens is 332 g/mol. The number of carbonyl (C=O) groups is 2. The minimum atomic E-state index is -1.13. The fourth-order valence-corrected chi connectivity index (χ4v) is 3.23. The number of hydrogen-bond donors (Lipinski definition) is 2. The van der Waals surface area contributed by atoms with E-state index in [0.717, 1.165) is 19.3 Å². The van der Waals surface area contributed by atoms with Crippen molar-refractivity contribution in [1.82, 2.24) is 0 Å². The van der Waals surface area contributed by atoms with Gasteiger partial charge in [0.05, 0.1) is 17.7 Å². The molecule has 1 rings (SSSR count). The first-order chi connectivity index (χ1) is 12.0. The smallest absolute Gasteiger partial charge is 0.306 e. The van der Waals surface area contributed by atoms with Crippen LogP contribution >= 0.6 is 0 Å². The molecule has 0 saturated heterocycles. The summed E-state index contributed by atoms with van der Waals surface area (Å²) in [5.74, 6) is -1.80. The number of carbonyl (C=O) groups excluding carboxylic acids is 1. The number of carboxylic acids is 1. The number of aliphatic hydroxyl groups is 1. The molecule has 6 heteroatoms. The average molecular weight is 367 g/mol. The van der Waals surface area contributed by atoms with E-state index in [9.17, 15) is 19.8 Å². The summed E-state index contributed by atoms with van der Waals surface area (Å²) < 4.78 is 0. The van der Waals surface area contributed by atoms with Crippen molar-refractivity contribution in [3.8, 4) is 0 Å². The Bertz CT molecular complexity index is 563. The van der Waals surface area contributed by atoms with Gasteiger partial charge in [-0.1, -0.05) is 40.5 Å². The Hall–Kier alpha value is -1.56. The van der Waals surface area contributed by atoms with Crippen LogP contribution in [0.3, 0.4) is 0 Å². The van der Waals surface area contributed by atoms with Crippen LogP contribution < -0.4 is 0 Å². The van der Waals surface area contributed by atoms with Crippen LogP contribution in [0.15, 0.2) is 9.98 Å². The van der Waals surface area contributed by atoms with Crippen LogP contribution in [0.2, 0.25) is 0 Å². The minimum Gasteiger partial charge on any atom is -0.481 e. The van der Waals surface area contributed by atoms with Crippen LogP contribution in [0.25, 0.3) is 0 Å². The summed E-state index contributed by atoms with van der Waals surface area (Å²) in [5, 5.41) is 19.7. The molecule has 0 aromatic heterocycles. The molecule has 0 aliphatic carbocycles. The molecule has 1 aliphatic rings. The lowest BCUT2D eigenvalue weighted by atomic mass is 9.87. The summed E-state index contributed by atoms with van der Waals surface area (Å²) in [6.45, 7) is 10.1. The van der Waals surface area contributed by atoms with E-state index in [0.29, 0.717) is 18.6 Å². The van der Waals surface area contributed by atoms with Gasteiger partial charge in [0.1, 0.15) is 0 Å². The predicted octanol–water partition coefficient (Wildman–Crippen LogP) is 3.66. The second-order valence-electron chi connectivity index (χ2n) is 8.54. The molecule has 148 valence electrons. The van der Waals surface area contributed by atoms with Crippen molar-refractivity contribution in [1.29, 1.82) is 0 Å². The van der Waals surface area contributed by atoms with E-state index in [-0.39, 0.29) is 24.0 Å². The normalized spacial score (nSPS) is 22.2. The number of ketones is 1. The van der Waals surface area contributed by atoms with Gasteiger partial charge in [-0.15, -0.1) is 0 Å². The molecular formula is C20H34N2O4. The first-order valence-corrected chi connectivity index (χ1v) is 9.55. The molecule has 0 saturated carbocycles. The number of rotatable bonds is 11. The largest absolute Gasteiger partial charge is 0.481 e. The van der Waals surface area contributed by atoms with Crippen LogP contribution in [-0.2, 0) is 9.59 Å². The van der Waals surface area contributed by atoms with Crippen LogP contribution in [0.4, 0.5) is 0 Å². The van der Waals surface area contributed by atoms with E-state index in [1.54, 1.807) is 13.1 Å². The number of aliphatic carboxylic acids is 1. The Morgan fingerprint density at radius 3 is 2.38 bits per heavy atom. The van der Waals surface area contributed by atoms with Crippen molar-refractivity contribution in [3.63, 3.8) is 0 Å². The van der Waals surface area contributed by atoms with Crippen LogP contribution in [-0.4, -0.2) is 45.7 Å². The standard InChI is InChI=1S/C20H34N2O4/c1-6-20(21-13-14(2)22-20)17(24)12-16(23)11-15(18(25)26)9-7-8-10-19(3,4)5/h13,15-16,23H,6-12H2,1-5H3,(H,25,26). The predicted molar refractivity (Wildman–Crippen MR) is 104 cm³/mol. The number of hydrogen-bond acceptors (Lipinski definition) is 5. The Kier molecular flexibility index (Phi) is 8.13. The van der Waals surface area contributed by atoms with Crippen molar-refractivity contribution in [2.75, 3.05) is 0 Å². The van der Waals surface area contributed by atoms with Gasteiger partial charge in [-0.3, -0.25) is 19.6 Å². The summed E-state index contributed by atoms with van der Waals surface area (Å²) in [6.07, 6.45) is 4.31. The molecule has 0 spiro atoms. The summed E-state index contributed by atoms with van der Waals surface area (Å²) >= 11 is 0. The quantitative estimate of drug-likeness (QED) is 0.545. The first-order valence-electron chi connectivity index (χ1n) is 9.55. The molecule has 3 unspecified atom stereocenters. The van der Waals surface area contributed by atoms with Crippen LogP contribution in [0.5, 0.6) is 0 Å². The second-order valence-corrected chi connectivity index (χ2v) is 8.54. The molecule has 1 heterocycles. The molecule has 1 aliphatic heterocycles. The van der Waals surface area contributed by atoms with Crippen molar-refractivity contribution >= 4 is 23.7 Å². The third-order valence-corrected chi connectivity index (χ3v) is 4.82. The average Bonchev–Trinajstić information content (AvgIpc) is 2.91. The lowest BCUT2D eigenvalue weighted by Crippen LogP contribution is -2.36. The summed E-state index contributed by atoms with van der Waals surface area (Å²) in [7, 11) is 0. The molecule has 0 bridgehead atoms. The van der Waals surface area contributed by atoms with E-state index in [2.05, 4.69) is 30.8 Å². The molecule has 26 heavy (non-hydrogen) atoms. The van der Waals surface area contributed by atoms with E-state index in [1.807, 2.05) is 6.92 Å². The lowest BCUT2D eigenvalue weighted by molar-refractivity contribution is -0.143. The van der Waals surface area contributed by atoms with Crippen molar-refractivity contribution < 1.29 is 19.8 Å². The highest BCUT2D eigenvalue weighted by molar-refractivity contribution is 6.32. The molecule has 0 aromatic rings. The van der Waals surface area contributed by atoms with Gasteiger partial charge in [-0.05, 0) is 38.0 Å². The summed E-state index contributed by atoms with van der Waals surface area (Å²) in [6, 6.07) is 0. The molecule has 2 N–H and O–H groups in total. The number of aliphatic imine (C=N–C) groups is 2. The fraction of sp³-hybridized carbons (Fsp3) is 0.800. The number of nitrogens with zero attached hydrogens (tertiary/aromatic N) is 2. The van der Waals surface area contributed by atoms with Crippen LogP contribution in [0, 0.1) is 11.3 Å². The molecule has 0 aromatic carbocycles. The zero-order valence-electron chi connectivity index (χ0n) is 16.8. The van der Waals surface area contributed by atoms with Crippen molar-refractivity contribution in [2.45, 2.75) is 91.3 Å². The zero-order valence-corrected chi connectivity index (χ0v) is 16.8. The Balaban J connectivity index is 2.54. The van der Waals surface area contributed by atoms with E-state index in [4.69, 9.17) is 0 Å². The van der Waals surface area contributed by atoms with E-state index >= 15 is 0 Å². The zero-order chi connectivity index (χ0) is 20.0. The molecule has 0 amide bonds. The van der Waals surface area contributed by atoms with Crippen LogP contribution in [0.1, 0.15) is 79.6 Å². The lowest BCUT2D eigenvalue weighted by Gasteiger charge is -2.23. The maximum absolute atomic E-state index is 12.5. The molecule has 3 atom stereocenters. The summed E-state index contributed by atoms with van der Waals surface area (Å²) in [4.78, 5) is 32.6. The van der Waals surface area contributed by atoms with Gasteiger partial charge in [-0.2, -0.15) is 0 Å². The second kappa shape index (κ2) is 9.40. The highest BCUT2D eigenvalue weighted by atomic mass is 16.4. The third kappa shape index (κ3) is 6.98. The van der Waals surface area contributed by atoms with Crippen molar-refractivity contribution in [2.24, 2.45) is 21.3 Å². The van der Waals surface area contributed by atoms with Gasteiger partial charge in [0.25, 0.3) is 0 Å². The number of Topliss-reactive ketones (excluding diaryl/α,β-unsaturated/α-hetero) is 1. The topological polar surface area (TPSA) is 99.3 Å². The van der Waals surface area contributed by atoms with Gasteiger partial charge < -0.3 is 10.2 Å². The first kappa shape index (κ1) is 22.5. The van der Waals surface area contributed by atoms with Gasteiger partial charge in [0, 0.05) is 12.6 Å². The SMILES string of the molecule is CCC1(C(=O)CC(O)CC(CCCCC(C)(C)C)C(=O)O)N=CC(C)=N1. The van der Waals surface area contributed by atoms with Gasteiger partial charge in [-0.25, -0.2) is 0 Å². The highest BCUT2D eigenvalue weighted by Gasteiger charge is 2.38. The molecule has 0 radical (unpaired) electrons. The highest BCUT2D eigenvalue weighted by Crippen LogP contribution is 2.28. The van der Waals surface area contributed by atoms with Crippen molar-refractivity contribution in [3.05, 3.63) is 0 Å². The van der Waals surface area contributed by atoms with Gasteiger partial charge >= 0.3 is 5.97 Å². The summed E-state index contributed by atoms with van der Waals surface area (Å²) in [5.41, 5.74) is -0.201. The van der Waals surface area contributed by atoms with E-state index < -0.39 is 23.7 Å². The number of unbranched alkanes of at least 4 members (excludes halogenated alkanes) is 1. The Morgan fingerprint density at radius 2 is 1.92 bits per heavy atom. The van der Waals surface area contributed by atoms with Gasteiger partial charge in [0.15, 0.2) is 5.78 Å². The Morgan fingerprint density at radius 1 is 1.27 bits per heavy atom. The number of aliphatic hydroxyl groups excluding tert-OH is 1. The number of carboxylic acid groups (broad SMARTS) is 1. The monoisotopic (exact) mass is 366 g/mol. The van der Waals surface area contributed by atoms with Gasteiger partial charge in [0.2, 0.25) is 5.66 Å². The van der Waals surface area contributed by atoms with E-state index in [1.165, 1.54) is 0 Å². The maximum Gasteiger partial charge on any atom is 0.306 e. The Labute approximate surface area is 156 Å². The maximum atomic E-state index is 12.5.